The minimum Gasteiger partial charge on any atom is -0.444 e. The van der Waals surface area contributed by atoms with Crippen LogP contribution in [0.1, 0.15) is 59.6 Å². The monoisotopic (exact) mass is 407 g/mol. The highest BCUT2D eigenvalue weighted by Crippen LogP contribution is 2.38. The van der Waals surface area contributed by atoms with Crippen LogP contribution in [0.4, 0.5) is 9.18 Å². The quantitative estimate of drug-likeness (QED) is 0.725. The van der Waals surface area contributed by atoms with Crippen molar-refractivity contribution in [3.8, 4) is 0 Å². The maximum atomic E-state index is 14.6. The minimum atomic E-state index is -0.771. The molecule has 1 aromatic rings. The molecule has 1 aliphatic heterocycles. The maximum Gasteiger partial charge on any atom is 0.492 e. The number of benzene rings is 1. The van der Waals surface area contributed by atoms with E-state index in [1.807, 2.05) is 27.7 Å². The van der Waals surface area contributed by atoms with E-state index in [0.29, 0.717) is 5.47 Å². The van der Waals surface area contributed by atoms with Crippen molar-refractivity contribution >= 4 is 19.3 Å². The van der Waals surface area contributed by atoms with Crippen molar-refractivity contribution in [1.29, 1.82) is 0 Å². The van der Waals surface area contributed by atoms with E-state index in [2.05, 4.69) is 5.32 Å². The molecule has 0 aliphatic carbocycles. The minimum absolute atomic E-state index is 0.0501. The predicted molar refractivity (Wildman–Crippen MR) is 111 cm³/mol. The fourth-order valence-electron chi connectivity index (χ4n) is 2.72. The number of ether oxygens (including phenoxy) is 1. The molecule has 8 heteroatoms. The number of aliphatic hydroxyl groups excluding tert-OH is 1. The Balaban J connectivity index is 2.33. The summed E-state index contributed by atoms with van der Waals surface area (Å²) in [6.45, 7) is 12.6. The van der Waals surface area contributed by atoms with Crippen LogP contribution in [0.5, 0.6) is 0 Å². The van der Waals surface area contributed by atoms with E-state index in [9.17, 15) is 14.3 Å². The van der Waals surface area contributed by atoms with Gasteiger partial charge in [-0.1, -0.05) is 24.3 Å². The molecule has 0 bridgehead atoms. The fraction of sp³-hybridized carbons (Fsp3) is 0.571. The largest absolute Gasteiger partial charge is 0.492 e. The number of rotatable bonds is 5. The highest BCUT2D eigenvalue weighted by Gasteiger charge is 2.52. The molecular formula is C21H31BFNO5. The summed E-state index contributed by atoms with van der Waals surface area (Å²) in [5, 5.41) is 12.0. The first-order valence-corrected chi connectivity index (χ1v) is 9.67. The van der Waals surface area contributed by atoms with Gasteiger partial charge in [-0.3, -0.25) is 0 Å². The number of carbonyl (C=O) groups is 1. The van der Waals surface area contributed by atoms with Crippen LogP contribution in [0.3, 0.4) is 0 Å². The van der Waals surface area contributed by atoms with Gasteiger partial charge in [-0.15, -0.1) is 0 Å². The second-order valence-corrected chi connectivity index (χ2v) is 9.14. The first-order chi connectivity index (χ1) is 13.3. The number of aliphatic hydroxyl groups is 1. The van der Waals surface area contributed by atoms with Gasteiger partial charge in [0.1, 0.15) is 11.4 Å². The van der Waals surface area contributed by atoms with Crippen molar-refractivity contribution in [3.63, 3.8) is 0 Å². The molecule has 1 saturated heterocycles. The second-order valence-electron chi connectivity index (χ2n) is 9.14. The van der Waals surface area contributed by atoms with Gasteiger partial charge < -0.3 is 24.5 Å². The summed E-state index contributed by atoms with van der Waals surface area (Å²) >= 11 is 0. The molecule has 0 radical (unpaired) electrons. The zero-order chi connectivity index (χ0) is 22.0. The number of alkyl carbamates (subject to hydrolysis) is 1. The molecule has 29 heavy (non-hydrogen) atoms. The van der Waals surface area contributed by atoms with Gasteiger partial charge in [0.15, 0.2) is 0 Å². The average molecular weight is 407 g/mol. The summed E-state index contributed by atoms with van der Waals surface area (Å²) in [4.78, 5) is 12.1. The molecule has 1 aromatic carbocycles. The molecule has 2 rings (SSSR count). The van der Waals surface area contributed by atoms with Gasteiger partial charge in [0.05, 0.1) is 17.8 Å². The number of carbonyl (C=O) groups excluding carboxylic acids is 1. The van der Waals surface area contributed by atoms with Crippen molar-refractivity contribution in [1.82, 2.24) is 5.32 Å². The number of amides is 1. The topological polar surface area (TPSA) is 77.0 Å². The summed E-state index contributed by atoms with van der Waals surface area (Å²) < 4.78 is 32.1. The maximum absolute atomic E-state index is 14.6. The van der Waals surface area contributed by atoms with Gasteiger partial charge in [-0.2, -0.15) is 0 Å². The zero-order valence-corrected chi connectivity index (χ0v) is 18.3. The lowest BCUT2D eigenvalue weighted by atomic mass is 9.77. The lowest BCUT2D eigenvalue weighted by Gasteiger charge is -2.32. The van der Waals surface area contributed by atoms with Crippen LogP contribution in [0.25, 0.3) is 6.08 Å². The zero-order valence-electron chi connectivity index (χ0n) is 18.3. The van der Waals surface area contributed by atoms with Gasteiger partial charge in [0, 0.05) is 17.7 Å². The molecule has 0 aromatic heterocycles. The number of hydrogen-bond donors (Lipinski definition) is 2. The van der Waals surface area contributed by atoms with Crippen LogP contribution in [0.15, 0.2) is 23.7 Å². The van der Waals surface area contributed by atoms with Crippen molar-refractivity contribution < 1.29 is 28.3 Å². The van der Waals surface area contributed by atoms with Gasteiger partial charge in [-0.25, -0.2) is 9.18 Å². The Hall–Kier alpha value is -1.90. The van der Waals surface area contributed by atoms with Gasteiger partial charge >= 0.3 is 13.2 Å². The van der Waals surface area contributed by atoms with Crippen LogP contribution < -0.4 is 5.32 Å². The molecule has 1 heterocycles. The Morgan fingerprint density at radius 3 is 2.34 bits per heavy atom. The number of nitrogens with one attached hydrogen (secondary N) is 1. The highest BCUT2D eigenvalue weighted by atomic mass is 19.1. The number of halogens is 1. The van der Waals surface area contributed by atoms with E-state index in [1.165, 1.54) is 6.07 Å². The SMILES string of the molecule is CC(C)(C)OC(=O)NCC(=Cc1cccc(CO)c1F)B1OC(C)(C)C(C)(C)O1. The van der Waals surface area contributed by atoms with Crippen LogP contribution in [-0.2, 0) is 20.7 Å². The third-order valence-corrected chi connectivity index (χ3v) is 5.01. The fourth-order valence-corrected chi connectivity index (χ4v) is 2.72. The van der Waals surface area contributed by atoms with Crippen molar-refractivity contribution in [2.75, 3.05) is 6.54 Å². The summed E-state index contributed by atoms with van der Waals surface area (Å²) in [6.07, 6.45) is 0.984. The standard InChI is InChI=1S/C21H31BFNO5/c1-19(2,3)27-18(26)24-12-16(22-28-20(4,5)21(6,7)29-22)11-14-9-8-10-15(13-25)17(14)23/h8-11,25H,12-13H2,1-7H3,(H,24,26). The predicted octanol–water partition coefficient (Wildman–Crippen LogP) is 3.86. The first kappa shape index (κ1) is 23.4. The lowest BCUT2D eigenvalue weighted by molar-refractivity contribution is 0.00578. The molecule has 1 amide bonds. The molecule has 1 fully saturated rings. The van der Waals surface area contributed by atoms with E-state index in [1.54, 1.807) is 39.0 Å². The van der Waals surface area contributed by atoms with E-state index in [0.717, 1.165) is 0 Å². The van der Waals surface area contributed by atoms with E-state index >= 15 is 0 Å². The summed E-state index contributed by atoms with van der Waals surface area (Å²) in [6, 6.07) is 4.76. The Labute approximate surface area is 172 Å². The molecule has 160 valence electrons. The Bertz CT molecular complexity index is 770. The van der Waals surface area contributed by atoms with Crippen molar-refractivity contribution in [2.24, 2.45) is 0 Å². The molecular weight excluding hydrogens is 376 g/mol. The molecule has 2 N–H and O–H groups in total. The Morgan fingerprint density at radius 1 is 1.24 bits per heavy atom. The third kappa shape index (κ3) is 5.81. The van der Waals surface area contributed by atoms with Crippen LogP contribution in [0, 0.1) is 5.82 Å². The van der Waals surface area contributed by atoms with Gasteiger partial charge in [0.25, 0.3) is 0 Å². The molecule has 0 unspecified atom stereocenters. The second kappa shape index (κ2) is 8.46. The summed E-state index contributed by atoms with van der Waals surface area (Å²) in [7, 11) is -0.771. The average Bonchev–Trinajstić information content (AvgIpc) is 2.79. The first-order valence-electron chi connectivity index (χ1n) is 9.67. The Morgan fingerprint density at radius 2 is 1.83 bits per heavy atom. The Kier molecular flexibility index (Phi) is 6.82. The summed E-state index contributed by atoms with van der Waals surface area (Å²) in [5.41, 5.74) is -0.828. The smallest absolute Gasteiger partial charge is 0.444 e. The normalized spacial score (nSPS) is 18.7. The van der Waals surface area contributed by atoms with Crippen LogP contribution >= 0.6 is 0 Å². The van der Waals surface area contributed by atoms with Crippen LogP contribution in [0.2, 0.25) is 0 Å². The van der Waals surface area contributed by atoms with Crippen molar-refractivity contribution in [2.45, 2.75) is 71.9 Å². The highest BCUT2D eigenvalue weighted by molar-refractivity contribution is 6.56. The van der Waals surface area contributed by atoms with Crippen molar-refractivity contribution in [3.05, 3.63) is 40.6 Å². The van der Waals surface area contributed by atoms with Gasteiger partial charge in [0.2, 0.25) is 0 Å². The van der Waals surface area contributed by atoms with Gasteiger partial charge in [-0.05, 0) is 53.9 Å². The summed E-state index contributed by atoms with van der Waals surface area (Å²) in [5.74, 6) is -0.527. The molecule has 0 spiro atoms. The molecule has 6 nitrogen and oxygen atoms in total. The van der Waals surface area contributed by atoms with E-state index in [-0.39, 0.29) is 17.7 Å². The van der Waals surface area contributed by atoms with E-state index in [4.69, 9.17) is 14.0 Å². The van der Waals surface area contributed by atoms with Crippen LogP contribution in [-0.4, -0.2) is 41.7 Å². The lowest BCUT2D eigenvalue weighted by Crippen LogP contribution is -2.41. The number of hydrogen-bond acceptors (Lipinski definition) is 5. The third-order valence-electron chi connectivity index (χ3n) is 5.01. The molecule has 1 aliphatic rings. The molecule has 0 atom stereocenters. The molecule has 0 saturated carbocycles. The van der Waals surface area contributed by atoms with E-state index < -0.39 is 42.4 Å².